The first-order chi connectivity index (χ1) is 9.45. The molecule has 0 aliphatic carbocycles. The second-order valence-electron chi connectivity index (χ2n) is 5.24. The Morgan fingerprint density at radius 3 is 2.55 bits per heavy atom. The highest BCUT2D eigenvalue weighted by Crippen LogP contribution is 2.28. The molecule has 0 spiro atoms. The lowest BCUT2D eigenvalue weighted by molar-refractivity contribution is -0.883. The van der Waals surface area contributed by atoms with E-state index >= 15 is 0 Å². The minimum absolute atomic E-state index is 0.291. The summed E-state index contributed by atoms with van der Waals surface area (Å²) in [5, 5.41) is 0. The van der Waals surface area contributed by atoms with Crippen LogP contribution in [0.3, 0.4) is 0 Å². The van der Waals surface area contributed by atoms with Crippen LogP contribution in [-0.2, 0) is 10.0 Å². The summed E-state index contributed by atoms with van der Waals surface area (Å²) < 4.78 is 32.6. The van der Waals surface area contributed by atoms with Crippen LogP contribution < -0.4 is 9.64 Å². The summed E-state index contributed by atoms with van der Waals surface area (Å²) in [5.41, 5.74) is 0.923. The van der Waals surface area contributed by atoms with Crippen molar-refractivity contribution in [3.05, 3.63) is 23.8 Å². The minimum Gasteiger partial charge on any atom is -0.492 e. The average Bonchev–Trinajstić information content (AvgIpc) is 2.41. The van der Waals surface area contributed by atoms with Gasteiger partial charge in [-0.3, -0.25) is 0 Å². The predicted octanol–water partition coefficient (Wildman–Crippen LogP) is -0.0873. The second-order valence-corrected chi connectivity index (χ2v) is 7.15. The number of sulfonamides is 1. The molecule has 112 valence electrons. The maximum Gasteiger partial charge on any atom is 0.247 e. The highest BCUT2D eigenvalue weighted by atomic mass is 32.2. The maximum atomic E-state index is 12.8. The van der Waals surface area contributed by atoms with Gasteiger partial charge in [-0.15, -0.1) is 0 Å². The third-order valence-corrected chi connectivity index (χ3v) is 5.51. The van der Waals surface area contributed by atoms with Crippen molar-refractivity contribution < 1.29 is 18.1 Å². The second kappa shape index (κ2) is 6.11. The van der Waals surface area contributed by atoms with Crippen LogP contribution in [-0.4, -0.2) is 52.6 Å². The monoisotopic (exact) mass is 299 g/mol. The minimum atomic E-state index is -3.47. The lowest BCUT2D eigenvalue weighted by Gasteiger charge is -2.29. The smallest absolute Gasteiger partial charge is 0.247 e. The van der Waals surface area contributed by atoms with E-state index in [-0.39, 0.29) is 0 Å². The zero-order valence-corrected chi connectivity index (χ0v) is 13.2. The van der Waals surface area contributed by atoms with E-state index in [1.807, 2.05) is 19.9 Å². The number of hydrogen-bond acceptors (Lipinski definition) is 3. The van der Waals surface area contributed by atoms with Gasteiger partial charge in [0.2, 0.25) is 10.0 Å². The Hall–Kier alpha value is -1.11. The SMILES string of the molecule is CCOc1ccc(C)cc1S(=O)(=O)N1CC[NH+](C)CC1. The fraction of sp³-hybridized carbons (Fsp3) is 0.571. The third kappa shape index (κ3) is 3.13. The van der Waals surface area contributed by atoms with Gasteiger partial charge in [0.25, 0.3) is 0 Å². The van der Waals surface area contributed by atoms with Gasteiger partial charge in [0.05, 0.1) is 39.8 Å². The molecule has 1 aromatic rings. The standard InChI is InChI=1S/C14H22N2O3S/c1-4-19-13-6-5-12(2)11-14(13)20(17,18)16-9-7-15(3)8-10-16/h5-6,11H,4,7-10H2,1-3H3/p+1. The van der Waals surface area contributed by atoms with Crippen molar-refractivity contribution in [3.63, 3.8) is 0 Å². The van der Waals surface area contributed by atoms with Crippen LogP contribution in [0.5, 0.6) is 5.75 Å². The normalized spacial score (nSPS) is 18.1. The van der Waals surface area contributed by atoms with Gasteiger partial charge in [-0.25, -0.2) is 8.42 Å². The van der Waals surface area contributed by atoms with Crippen LogP contribution in [0.15, 0.2) is 23.1 Å². The molecule has 5 nitrogen and oxygen atoms in total. The van der Waals surface area contributed by atoms with Gasteiger partial charge in [0.1, 0.15) is 10.6 Å². The van der Waals surface area contributed by atoms with Crippen molar-refractivity contribution in [1.29, 1.82) is 0 Å². The number of ether oxygens (including phenoxy) is 1. The van der Waals surface area contributed by atoms with Crippen LogP contribution in [0.1, 0.15) is 12.5 Å². The highest BCUT2D eigenvalue weighted by molar-refractivity contribution is 7.89. The van der Waals surface area contributed by atoms with Gasteiger partial charge < -0.3 is 9.64 Å². The molecule has 0 radical (unpaired) electrons. The predicted molar refractivity (Wildman–Crippen MR) is 77.7 cm³/mol. The van der Waals surface area contributed by atoms with Crippen LogP contribution in [0.25, 0.3) is 0 Å². The van der Waals surface area contributed by atoms with Crippen molar-refractivity contribution in [2.75, 3.05) is 39.8 Å². The topological polar surface area (TPSA) is 51.1 Å². The molecular formula is C14H23N2O3S+. The summed E-state index contributed by atoms with van der Waals surface area (Å²) in [5.74, 6) is 0.448. The fourth-order valence-electron chi connectivity index (χ4n) is 2.34. The number of nitrogens with one attached hydrogen (secondary N) is 1. The van der Waals surface area contributed by atoms with E-state index in [0.717, 1.165) is 18.7 Å². The van der Waals surface area contributed by atoms with Crippen molar-refractivity contribution in [3.8, 4) is 5.75 Å². The van der Waals surface area contributed by atoms with E-state index in [4.69, 9.17) is 4.74 Å². The van der Waals surface area contributed by atoms with Gasteiger partial charge in [-0.05, 0) is 31.5 Å². The van der Waals surface area contributed by atoms with Gasteiger partial charge in [0, 0.05) is 0 Å². The van der Waals surface area contributed by atoms with Crippen molar-refractivity contribution in [1.82, 2.24) is 4.31 Å². The molecule has 6 heteroatoms. The summed E-state index contributed by atoms with van der Waals surface area (Å²) >= 11 is 0. The molecule has 1 aliphatic rings. The van der Waals surface area contributed by atoms with Crippen molar-refractivity contribution in [2.24, 2.45) is 0 Å². The molecule has 1 aliphatic heterocycles. The van der Waals surface area contributed by atoms with E-state index in [0.29, 0.717) is 30.3 Å². The first-order valence-electron chi connectivity index (χ1n) is 7.00. The van der Waals surface area contributed by atoms with Gasteiger partial charge in [-0.1, -0.05) is 6.07 Å². The van der Waals surface area contributed by atoms with Crippen LogP contribution in [0.4, 0.5) is 0 Å². The van der Waals surface area contributed by atoms with Gasteiger partial charge in [0.15, 0.2) is 0 Å². The molecule has 0 aromatic heterocycles. The van der Waals surface area contributed by atoms with Crippen LogP contribution >= 0.6 is 0 Å². The first-order valence-corrected chi connectivity index (χ1v) is 8.44. The van der Waals surface area contributed by atoms with Gasteiger partial charge in [-0.2, -0.15) is 4.31 Å². The molecule has 1 saturated heterocycles. The number of piperazine rings is 1. The van der Waals surface area contributed by atoms with E-state index in [2.05, 4.69) is 7.05 Å². The Balaban J connectivity index is 2.35. The number of nitrogens with zero attached hydrogens (tertiary/aromatic N) is 1. The number of hydrogen-bond donors (Lipinski definition) is 1. The highest BCUT2D eigenvalue weighted by Gasteiger charge is 2.31. The van der Waals surface area contributed by atoms with E-state index < -0.39 is 10.0 Å². The number of likely N-dealkylation sites (N-methyl/N-ethyl adjacent to an activating group) is 1. The van der Waals surface area contributed by atoms with E-state index in [1.54, 1.807) is 16.4 Å². The molecule has 1 N–H and O–H groups in total. The lowest BCUT2D eigenvalue weighted by Crippen LogP contribution is -3.12. The maximum absolute atomic E-state index is 12.8. The summed E-state index contributed by atoms with van der Waals surface area (Å²) in [6, 6.07) is 5.32. The molecule has 1 fully saturated rings. The molecule has 20 heavy (non-hydrogen) atoms. The van der Waals surface area contributed by atoms with Crippen LogP contribution in [0, 0.1) is 6.92 Å². The molecule has 1 aromatic carbocycles. The van der Waals surface area contributed by atoms with E-state index in [9.17, 15) is 8.42 Å². The Morgan fingerprint density at radius 2 is 1.95 bits per heavy atom. The Bertz CT molecular complexity index is 564. The Kier molecular flexibility index (Phi) is 4.67. The number of rotatable bonds is 4. The zero-order chi connectivity index (χ0) is 14.8. The molecule has 0 atom stereocenters. The first kappa shape index (κ1) is 15.3. The fourth-order valence-corrected chi connectivity index (χ4v) is 4.00. The van der Waals surface area contributed by atoms with E-state index in [1.165, 1.54) is 4.90 Å². The Morgan fingerprint density at radius 1 is 1.30 bits per heavy atom. The van der Waals surface area contributed by atoms with Crippen molar-refractivity contribution >= 4 is 10.0 Å². The summed E-state index contributed by atoms with van der Waals surface area (Å²) in [7, 11) is -1.38. The Labute approximate surface area is 121 Å². The summed E-state index contributed by atoms with van der Waals surface area (Å²) in [6.45, 7) is 7.02. The number of aryl methyl sites for hydroxylation is 1. The molecule has 0 saturated carbocycles. The molecule has 0 unspecified atom stereocenters. The molecule has 2 rings (SSSR count). The summed E-state index contributed by atoms with van der Waals surface area (Å²) in [4.78, 5) is 1.66. The van der Waals surface area contributed by atoms with Gasteiger partial charge >= 0.3 is 0 Å². The molecular weight excluding hydrogens is 276 g/mol. The number of quaternary nitrogens is 1. The van der Waals surface area contributed by atoms with Crippen LogP contribution in [0.2, 0.25) is 0 Å². The average molecular weight is 299 g/mol. The zero-order valence-electron chi connectivity index (χ0n) is 12.3. The quantitative estimate of drug-likeness (QED) is 0.845. The third-order valence-electron chi connectivity index (χ3n) is 3.59. The molecule has 1 heterocycles. The number of benzene rings is 1. The summed E-state index contributed by atoms with van der Waals surface area (Å²) in [6.07, 6.45) is 0. The molecule has 0 amide bonds. The lowest BCUT2D eigenvalue weighted by atomic mass is 10.2. The largest absolute Gasteiger partial charge is 0.492 e. The van der Waals surface area contributed by atoms with Crippen molar-refractivity contribution in [2.45, 2.75) is 18.7 Å². The molecule has 0 bridgehead atoms.